The van der Waals surface area contributed by atoms with Gasteiger partial charge in [-0.05, 0) is 49.3 Å². The Morgan fingerprint density at radius 2 is 1.96 bits per heavy atom. The van der Waals surface area contributed by atoms with Crippen LogP contribution in [0.4, 0.5) is 5.69 Å². The number of nitrogens with one attached hydrogen (secondary N) is 1. The van der Waals surface area contributed by atoms with E-state index < -0.39 is 0 Å². The summed E-state index contributed by atoms with van der Waals surface area (Å²) in [5.41, 5.74) is 3.60. The summed E-state index contributed by atoms with van der Waals surface area (Å²) in [6.45, 7) is 4.29. The summed E-state index contributed by atoms with van der Waals surface area (Å²) in [6, 6.07) is 8.68. The Kier molecular flexibility index (Phi) is 4.21. The fourth-order valence-electron chi connectivity index (χ4n) is 3.43. The lowest BCUT2D eigenvalue weighted by Crippen LogP contribution is -2.14. The molecule has 2 saturated carbocycles. The summed E-state index contributed by atoms with van der Waals surface area (Å²) in [4.78, 5) is 5.88. The van der Waals surface area contributed by atoms with Gasteiger partial charge in [0.05, 0.1) is 9.88 Å². The lowest BCUT2D eigenvalue weighted by Gasteiger charge is -2.24. The molecule has 0 bridgehead atoms. The lowest BCUT2D eigenvalue weighted by molar-refractivity contribution is 0.405. The summed E-state index contributed by atoms with van der Waals surface area (Å²) in [6.07, 6.45) is 11.3. The van der Waals surface area contributed by atoms with Crippen LogP contribution in [0, 0.1) is 5.92 Å². The highest BCUT2D eigenvalue weighted by Gasteiger charge is 2.26. The van der Waals surface area contributed by atoms with Gasteiger partial charge >= 0.3 is 0 Å². The SMILES string of the molecule is C=C(Nc1cccc(-c2cnc(C3CC3)s2)c1)C1CCCCC1. The molecular weight excluding hydrogens is 300 g/mol. The molecule has 1 aromatic heterocycles. The highest BCUT2D eigenvalue weighted by Crippen LogP contribution is 2.43. The average molecular weight is 324 g/mol. The van der Waals surface area contributed by atoms with Crippen molar-refractivity contribution < 1.29 is 0 Å². The topological polar surface area (TPSA) is 24.9 Å². The molecule has 0 aliphatic heterocycles. The Bertz CT molecular complexity index is 693. The third kappa shape index (κ3) is 3.50. The van der Waals surface area contributed by atoms with Gasteiger partial charge in [-0.15, -0.1) is 11.3 Å². The number of nitrogens with zero attached hydrogens (tertiary/aromatic N) is 1. The summed E-state index contributed by atoms with van der Waals surface area (Å²) in [5, 5.41) is 4.86. The number of benzene rings is 1. The first-order valence-corrected chi connectivity index (χ1v) is 9.63. The number of anilines is 1. The van der Waals surface area contributed by atoms with E-state index in [1.165, 1.54) is 66.1 Å². The monoisotopic (exact) mass is 324 g/mol. The second-order valence-corrected chi connectivity index (χ2v) is 7.97. The molecule has 0 saturated heterocycles. The first-order valence-electron chi connectivity index (χ1n) is 8.81. The van der Waals surface area contributed by atoms with E-state index in [9.17, 15) is 0 Å². The van der Waals surface area contributed by atoms with Crippen LogP contribution in [0.3, 0.4) is 0 Å². The maximum atomic E-state index is 4.60. The number of hydrogen-bond donors (Lipinski definition) is 1. The van der Waals surface area contributed by atoms with E-state index in [1.54, 1.807) is 0 Å². The first kappa shape index (κ1) is 14.9. The van der Waals surface area contributed by atoms with Crippen molar-refractivity contribution in [2.75, 3.05) is 5.32 Å². The summed E-state index contributed by atoms with van der Waals surface area (Å²) in [7, 11) is 0. The molecule has 1 N–H and O–H groups in total. The van der Waals surface area contributed by atoms with Gasteiger partial charge in [-0.25, -0.2) is 4.98 Å². The van der Waals surface area contributed by atoms with Crippen LogP contribution in [0.25, 0.3) is 10.4 Å². The summed E-state index contributed by atoms with van der Waals surface area (Å²) < 4.78 is 0. The molecule has 0 radical (unpaired) electrons. The number of allylic oxidation sites excluding steroid dienone is 1. The Morgan fingerprint density at radius 1 is 1.13 bits per heavy atom. The Labute approximate surface area is 142 Å². The third-order valence-corrected chi connectivity index (χ3v) is 6.21. The molecule has 23 heavy (non-hydrogen) atoms. The van der Waals surface area contributed by atoms with Crippen molar-refractivity contribution in [3.05, 3.63) is 47.7 Å². The minimum absolute atomic E-state index is 0.636. The highest BCUT2D eigenvalue weighted by atomic mass is 32.1. The van der Waals surface area contributed by atoms with Crippen molar-refractivity contribution in [1.29, 1.82) is 0 Å². The molecule has 0 amide bonds. The molecule has 4 rings (SSSR count). The Hall–Kier alpha value is -1.61. The second kappa shape index (κ2) is 6.48. The molecule has 2 aliphatic rings. The zero-order valence-electron chi connectivity index (χ0n) is 13.6. The van der Waals surface area contributed by atoms with E-state index in [0.717, 1.165) is 11.6 Å². The Morgan fingerprint density at radius 3 is 2.74 bits per heavy atom. The predicted molar refractivity (Wildman–Crippen MR) is 98.9 cm³/mol. The number of aromatic nitrogens is 1. The highest BCUT2D eigenvalue weighted by molar-refractivity contribution is 7.15. The molecule has 0 spiro atoms. The first-order chi connectivity index (χ1) is 11.3. The van der Waals surface area contributed by atoms with E-state index in [4.69, 9.17) is 0 Å². The molecule has 1 heterocycles. The van der Waals surface area contributed by atoms with Gasteiger partial charge in [0.15, 0.2) is 0 Å². The van der Waals surface area contributed by atoms with Crippen molar-refractivity contribution in [3.8, 4) is 10.4 Å². The summed E-state index contributed by atoms with van der Waals surface area (Å²) >= 11 is 1.85. The molecule has 0 atom stereocenters. The van der Waals surface area contributed by atoms with Gasteiger partial charge < -0.3 is 5.32 Å². The van der Waals surface area contributed by atoms with Crippen molar-refractivity contribution >= 4 is 17.0 Å². The molecule has 2 nitrogen and oxygen atoms in total. The van der Waals surface area contributed by atoms with E-state index in [-0.39, 0.29) is 0 Å². The molecule has 3 heteroatoms. The predicted octanol–water partition coefficient (Wildman–Crippen LogP) is 6.19. The lowest BCUT2D eigenvalue weighted by atomic mass is 9.87. The van der Waals surface area contributed by atoms with Gasteiger partial charge in [0.1, 0.15) is 0 Å². The van der Waals surface area contributed by atoms with E-state index in [0.29, 0.717) is 5.92 Å². The normalized spacial score (nSPS) is 18.8. The van der Waals surface area contributed by atoms with Crippen LogP contribution < -0.4 is 5.32 Å². The van der Waals surface area contributed by atoms with Crippen LogP contribution in [0.1, 0.15) is 55.9 Å². The van der Waals surface area contributed by atoms with Crippen LogP contribution in [0.2, 0.25) is 0 Å². The summed E-state index contributed by atoms with van der Waals surface area (Å²) in [5.74, 6) is 1.37. The van der Waals surface area contributed by atoms with Gasteiger partial charge in [0.2, 0.25) is 0 Å². The minimum atomic E-state index is 0.636. The maximum Gasteiger partial charge on any atom is 0.0962 e. The van der Waals surface area contributed by atoms with E-state index >= 15 is 0 Å². The van der Waals surface area contributed by atoms with Crippen LogP contribution >= 0.6 is 11.3 Å². The minimum Gasteiger partial charge on any atom is -0.359 e. The molecule has 0 unspecified atom stereocenters. The van der Waals surface area contributed by atoms with E-state index in [1.807, 2.05) is 17.5 Å². The molecule has 2 aromatic rings. The molecule has 120 valence electrons. The van der Waals surface area contributed by atoms with Crippen molar-refractivity contribution in [2.24, 2.45) is 5.92 Å². The number of rotatable bonds is 5. The zero-order valence-corrected chi connectivity index (χ0v) is 14.4. The second-order valence-electron chi connectivity index (χ2n) is 6.90. The fraction of sp³-hybridized carbons (Fsp3) is 0.450. The van der Waals surface area contributed by atoms with Crippen LogP contribution in [-0.2, 0) is 0 Å². The fourth-order valence-corrected chi connectivity index (χ4v) is 4.51. The van der Waals surface area contributed by atoms with Gasteiger partial charge in [0, 0.05) is 23.5 Å². The standard InChI is InChI=1S/C20H24N2S/c1-14(15-6-3-2-4-7-15)22-18-9-5-8-17(12-18)19-13-21-20(23-19)16-10-11-16/h5,8-9,12-13,15-16,22H,1-4,6-7,10-11H2. The third-order valence-electron chi connectivity index (χ3n) is 5.00. The number of thiazole rings is 1. The average Bonchev–Trinajstić information content (AvgIpc) is 3.33. The van der Waals surface area contributed by atoms with Gasteiger partial charge in [0.25, 0.3) is 0 Å². The van der Waals surface area contributed by atoms with Crippen LogP contribution in [0.15, 0.2) is 42.7 Å². The van der Waals surface area contributed by atoms with Crippen molar-refractivity contribution in [2.45, 2.75) is 50.9 Å². The van der Waals surface area contributed by atoms with Crippen molar-refractivity contribution in [1.82, 2.24) is 4.98 Å². The maximum absolute atomic E-state index is 4.60. The van der Waals surface area contributed by atoms with Gasteiger partial charge in [-0.2, -0.15) is 0 Å². The smallest absolute Gasteiger partial charge is 0.0962 e. The van der Waals surface area contributed by atoms with E-state index in [2.05, 4.69) is 41.1 Å². The largest absolute Gasteiger partial charge is 0.359 e. The zero-order chi connectivity index (χ0) is 15.6. The van der Waals surface area contributed by atoms with Gasteiger partial charge in [-0.1, -0.05) is 38.0 Å². The van der Waals surface area contributed by atoms with Crippen LogP contribution in [-0.4, -0.2) is 4.98 Å². The van der Waals surface area contributed by atoms with Crippen LogP contribution in [0.5, 0.6) is 0 Å². The number of hydrogen-bond acceptors (Lipinski definition) is 3. The quantitative estimate of drug-likeness (QED) is 0.709. The molecular formula is C20H24N2S. The van der Waals surface area contributed by atoms with Gasteiger partial charge in [-0.3, -0.25) is 0 Å². The molecule has 2 fully saturated rings. The Balaban J connectivity index is 1.47. The van der Waals surface area contributed by atoms with Crippen molar-refractivity contribution in [3.63, 3.8) is 0 Å². The molecule has 1 aromatic carbocycles. The molecule has 2 aliphatic carbocycles.